The zero-order valence-electron chi connectivity index (χ0n) is 21.5. The summed E-state index contributed by atoms with van der Waals surface area (Å²) in [6, 6.07) is 11.5. The number of nitrogens with two attached hydrogens (primary N) is 1. The number of aromatic hydroxyl groups is 1. The molecule has 0 radical (unpaired) electrons. The number of primary sulfonamides is 1. The lowest BCUT2D eigenvalue weighted by atomic mass is 10.1. The average molecular weight is 537 g/mol. The Balaban J connectivity index is 1.45. The van der Waals surface area contributed by atoms with Crippen LogP contribution in [-0.2, 0) is 37.3 Å². The highest BCUT2D eigenvalue weighted by Crippen LogP contribution is 2.23. The molecule has 0 fully saturated rings. The van der Waals surface area contributed by atoms with Gasteiger partial charge < -0.3 is 25.0 Å². The zero-order chi connectivity index (χ0) is 27.1. The molecule has 0 aliphatic rings. The lowest BCUT2D eigenvalue weighted by molar-refractivity contribution is -0.142. The molecule has 0 bridgehead atoms. The van der Waals surface area contributed by atoms with Crippen LogP contribution < -0.4 is 10.5 Å². The molecular weight excluding hydrogens is 496 g/mol. The number of phenols is 1. The number of esters is 1. The van der Waals surface area contributed by atoms with E-state index in [9.17, 15) is 23.4 Å². The Labute approximate surface area is 220 Å². The van der Waals surface area contributed by atoms with Gasteiger partial charge in [-0.2, -0.15) is 0 Å². The maximum atomic E-state index is 11.3. The smallest absolute Gasteiger partial charge is 0.302 e. The molecule has 0 unspecified atom stereocenters. The molecular formula is C27H40N2O7S. The van der Waals surface area contributed by atoms with E-state index in [1.807, 2.05) is 0 Å². The number of carbonyl (C=O) groups is 1. The van der Waals surface area contributed by atoms with Gasteiger partial charge in [-0.05, 0) is 74.0 Å². The molecule has 1 atom stereocenters. The fraction of sp³-hybridized carbons (Fsp3) is 0.519. The number of aliphatic hydroxyl groups is 1. The van der Waals surface area contributed by atoms with Crippen LogP contribution in [0.25, 0.3) is 0 Å². The molecule has 5 N–H and O–H groups in total. The molecule has 2 aromatic rings. The second-order valence-electron chi connectivity index (χ2n) is 9.06. The minimum Gasteiger partial charge on any atom is -0.508 e. The summed E-state index contributed by atoms with van der Waals surface area (Å²) in [4.78, 5) is 11.1. The highest BCUT2D eigenvalue weighted by atomic mass is 32.2. The first-order valence-electron chi connectivity index (χ1n) is 12.7. The van der Waals surface area contributed by atoms with Crippen LogP contribution in [0.5, 0.6) is 5.75 Å². The monoisotopic (exact) mass is 536 g/mol. The fourth-order valence-corrected chi connectivity index (χ4v) is 4.27. The summed E-state index contributed by atoms with van der Waals surface area (Å²) in [5.41, 5.74) is 2.20. The topological polar surface area (TPSA) is 148 Å². The van der Waals surface area contributed by atoms with Gasteiger partial charge in [0.25, 0.3) is 0 Å². The van der Waals surface area contributed by atoms with Gasteiger partial charge in [0.2, 0.25) is 10.0 Å². The number of rotatable bonds is 18. The summed E-state index contributed by atoms with van der Waals surface area (Å²) in [6.45, 7) is 3.94. The van der Waals surface area contributed by atoms with E-state index in [0.29, 0.717) is 24.3 Å². The Morgan fingerprint density at radius 3 is 2.35 bits per heavy atom. The van der Waals surface area contributed by atoms with Crippen molar-refractivity contribution in [3.05, 3.63) is 59.2 Å². The van der Waals surface area contributed by atoms with Crippen LogP contribution in [0.2, 0.25) is 0 Å². The summed E-state index contributed by atoms with van der Waals surface area (Å²) in [5.74, 6) is -0.396. The summed E-state index contributed by atoms with van der Waals surface area (Å²) < 4.78 is 33.2. The molecule has 10 heteroatoms. The van der Waals surface area contributed by atoms with Gasteiger partial charge in [0.05, 0.1) is 11.0 Å². The van der Waals surface area contributed by atoms with Gasteiger partial charge in [-0.3, -0.25) is 4.79 Å². The van der Waals surface area contributed by atoms with Gasteiger partial charge in [-0.25, -0.2) is 13.6 Å². The van der Waals surface area contributed by atoms with Crippen LogP contribution in [-0.4, -0.2) is 50.9 Å². The van der Waals surface area contributed by atoms with Gasteiger partial charge in [0.15, 0.2) is 0 Å². The van der Waals surface area contributed by atoms with Crippen LogP contribution >= 0.6 is 0 Å². The predicted octanol–water partition coefficient (Wildman–Crippen LogP) is 3.33. The van der Waals surface area contributed by atoms with E-state index in [0.717, 1.165) is 63.7 Å². The van der Waals surface area contributed by atoms with Gasteiger partial charge >= 0.3 is 5.97 Å². The van der Waals surface area contributed by atoms with E-state index < -0.39 is 22.1 Å². The molecule has 9 nitrogen and oxygen atoms in total. The van der Waals surface area contributed by atoms with Crippen LogP contribution in [0.1, 0.15) is 68.2 Å². The maximum absolute atomic E-state index is 11.3. The van der Waals surface area contributed by atoms with E-state index in [1.54, 1.807) is 36.4 Å². The van der Waals surface area contributed by atoms with E-state index in [2.05, 4.69) is 5.32 Å². The van der Waals surface area contributed by atoms with Crippen molar-refractivity contribution in [2.45, 2.75) is 69.5 Å². The second-order valence-corrected chi connectivity index (χ2v) is 10.6. The number of ether oxygens (including phenoxy) is 2. The maximum Gasteiger partial charge on any atom is 0.302 e. The summed E-state index contributed by atoms with van der Waals surface area (Å²) in [7, 11) is -3.64. The number of phenolic OH excluding ortho intramolecular Hbond substituents is 1. The van der Waals surface area contributed by atoms with E-state index in [-0.39, 0.29) is 17.3 Å². The summed E-state index contributed by atoms with van der Waals surface area (Å²) >= 11 is 0. The molecule has 0 aliphatic heterocycles. The van der Waals surface area contributed by atoms with Crippen molar-refractivity contribution >= 4 is 16.0 Å². The number of hydrogen-bond acceptors (Lipinski definition) is 8. The largest absolute Gasteiger partial charge is 0.508 e. The Bertz CT molecular complexity index is 1060. The SMILES string of the molecule is CC(=O)OCc1cc([C@@H](O)CNCCCCCCOCCCCc2ccc(S(N)(=O)=O)cc2)ccc1O. The third kappa shape index (κ3) is 12.5. The highest BCUT2D eigenvalue weighted by Gasteiger charge is 2.11. The quantitative estimate of drug-likeness (QED) is 0.167. The number of aryl methyl sites for hydroxylation is 1. The Morgan fingerprint density at radius 2 is 1.68 bits per heavy atom. The first-order valence-corrected chi connectivity index (χ1v) is 14.2. The molecule has 0 heterocycles. The van der Waals surface area contributed by atoms with Gasteiger partial charge in [-0.1, -0.05) is 31.0 Å². The number of unbranched alkanes of at least 4 members (excludes halogenated alkanes) is 4. The number of nitrogens with one attached hydrogen (secondary N) is 1. The van der Waals surface area contributed by atoms with Gasteiger partial charge in [-0.15, -0.1) is 0 Å². The molecule has 0 saturated heterocycles. The standard InChI is InChI=1S/C27H40N2O7S/c1-21(30)36-20-24-18-23(11-14-26(24)31)27(32)19-29-15-5-2-3-6-16-35-17-7-4-8-22-9-12-25(13-10-22)37(28,33)34/h9-14,18,27,29,31-32H,2-8,15-17,19-20H2,1H3,(H2,28,33,34)/t27-/m0/s1. The average Bonchev–Trinajstić information content (AvgIpc) is 2.85. The molecule has 0 aliphatic carbocycles. The van der Waals surface area contributed by atoms with Crippen molar-refractivity contribution in [1.29, 1.82) is 0 Å². The van der Waals surface area contributed by atoms with Crippen molar-refractivity contribution < 1.29 is 32.9 Å². The van der Waals surface area contributed by atoms with Crippen LogP contribution in [0.3, 0.4) is 0 Å². The lowest BCUT2D eigenvalue weighted by Gasteiger charge is -2.14. The number of benzene rings is 2. The Kier molecular flexibility index (Phi) is 13.6. The molecule has 0 saturated carbocycles. The number of hydrogen-bond donors (Lipinski definition) is 4. The van der Waals surface area contributed by atoms with Crippen molar-refractivity contribution in [2.75, 3.05) is 26.3 Å². The van der Waals surface area contributed by atoms with Crippen LogP contribution in [0.15, 0.2) is 47.4 Å². The van der Waals surface area contributed by atoms with Crippen LogP contribution in [0, 0.1) is 0 Å². The molecule has 0 spiro atoms. The fourth-order valence-electron chi connectivity index (χ4n) is 3.75. The molecule has 2 rings (SSSR count). The molecule has 0 aromatic heterocycles. The van der Waals surface area contributed by atoms with Gasteiger partial charge in [0, 0.05) is 32.2 Å². The second kappa shape index (κ2) is 16.4. The first-order chi connectivity index (χ1) is 17.7. The highest BCUT2D eigenvalue weighted by molar-refractivity contribution is 7.89. The normalized spacial score (nSPS) is 12.4. The van der Waals surface area contributed by atoms with Crippen molar-refractivity contribution in [3.63, 3.8) is 0 Å². The van der Waals surface area contributed by atoms with E-state index in [4.69, 9.17) is 14.6 Å². The molecule has 206 valence electrons. The first kappa shape index (κ1) is 30.7. The van der Waals surface area contributed by atoms with Crippen molar-refractivity contribution in [1.82, 2.24) is 5.32 Å². The minimum atomic E-state index is -3.64. The van der Waals surface area contributed by atoms with Crippen LogP contribution in [0.4, 0.5) is 0 Å². The third-order valence-corrected chi connectivity index (χ3v) is 6.83. The zero-order valence-corrected chi connectivity index (χ0v) is 22.3. The minimum absolute atomic E-state index is 0.0290. The van der Waals surface area contributed by atoms with Crippen molar-refractivity contribution in [3.8, 4) is 5.75 Å². The Hall–Kier alpha value is -2.50. The molecule has 0 amide bonds. The predicted molar refractivity (Wildman–Crippen MR) is 141 cm³/mol. The van der Waals surface area contributed by atoms with E-state index in [1.165, 1.54) is 13.0 Å². The number of carbonyl (C=O) groups excluding carboxylic acids is 1. The molecule has 2 aromatic carbocycles. The molecule has 37 heavy (non-hydrogen) atoms. The summed E-state index contributed by atoms with van der Waals surface area (Å²) in [5, 5.41) is 28.6. The van der Waals surface area contributed by atoms with Crippen molar-refractivity contribution in [2.24, 2.45) is 5.14 Å². The Morgan fingerprint density at radius 1 is 1.00 bits per heavy atom. The number of sulfonamides is 1. The van der Waals surface area contributed by atoms with Gasteiger partial charge in [0.1, 0.15) is 12.4 Å². The third-order valence-electron chi connectivity index (χ3n) is 5.91. The number of aliphatic hydroxyl groups excluding tert-OH is 1. The van der Waals surface area contributed by atoms with E-state index >= 15 is 0 Å². The lowest BCUT2D eigenvalue weighted by Crippen LogP contribution is -2.22. The summed E-state index contributed by atoms with van der Waals surface area (Å²) in [6.07, 6.45) is 6.26.